The van der Waals surface area contributed by atoms with Crippen LogP contribution in [0.25, 0.3) is 10.7 Å². The van der Waals surface area contributed by atoms with Crippen molar-refractivity contribution in [2.24, 2.45) is 17.8 Å². The molecular formula is C27H32N4OS2. The summed E-state index contributed by atoms with van der Waals surface area (Å²) in [5, 5.41) is 12.1. The Morgan fingerprint density at radius 1 is 1.12 bits per heavy atom. The molecule has 7 heteroatoms. The maximum Gasteiger partial charge on any atom is 0.240 e. The molecule has 0 spiro atoms. The Kier molecular flexibility index (Phi) is 6.02. The first-order chi connectivity index (χ1) is 16.6. The highest BCUT2D eigenvalue weighted by Crippen LogP contribution is 2.53. The Balaban J connectivity index is 1.29. The first-order valence-electron chi connectivity index (χ1n) is 12.6. The number of amides is 1. The lowest BCUT2D eigenvalue weighted by molar-refractivity contribution is -0.117. The molecular weight excluding hydrogens is 460 g/mol. The molecule has 2 fully saturated rings. The van der Waals surface area contributed by atoms with E-state index in [1.807, 2.05) is 17.9 Å². The van der Waals surface area contributed by atoms with Crippen molar-refractivity contribution in [2.45, 2.75) is 68.8 Å². The van der Waals surface area contributed by atoms with E-state index in [0.29, 0.717) is 12.0 Å². The second-order valence-corrected chi connectivity index (χ2v) is 12.5. The third-order valence-electron chi connectivity index (χ3n) is 8.23. The van der Waals surface area contributed by atoms with E-state index in [1.165, 1.54) is 31.2 Å². The third kappa shape index (κ3) is 3.91. The topological polar surface area (TPSA) is 51.0 Å². The van der Waals surface area contributed by atoms with Crippen LogP contribution in [0, 0.1) is 17.8 Å². The highest BCUT2D eigenvalue weighted by molar-refractivity contribution is 8.00. The smallest absolute Gasteiger partial charge is 0.240 e. The summed E-state index contributed by atoms with van der Waals surface area (Å²) in [5.74, 6) is 3.51. The summed E-state index contributed by atoms with van der Waals surface area (Å²) in [6.07, 6.45) is 7.52. The fraction of sp³-hybridized carbons (Fsp3) is 0.519. The van der Waals surface area contributed by atoms with Crippen LogP contribution in [0.4, 0.5) is 5.69 Å². The number of fused-ring (bicyclic) bond motifs is 3. The number of aromatic nitrogens is 3. The van der Waals surface area contributed by atoms with Crippen LogP contribution in [0.3, 0.4) is 0 Å². The van der Waals surface area contributed by atoms with Crippen LogP contribution in [0.1, 0.15) is 57.6 Å². The van der Waals surface area contributed by atoms with Crippen molar-refractivity contribution in [1.82, 2.24) is 14.8 Å². The fourth-order valence-electron chi connectivity index (χ4n) is 6.57. The minimum Gasteiger partial charge on any atom is -0.311 e. The second-order valence-electron chi connectivity index (χ2n) is 10.2. The number of carbonyl (C=O) groups excluding carboxylic acids is 1. The molecule has 5 atom stereocenters. The Morgan fingerprint density at radius 2 is 2.00 bits per heavy atom. The summed E-state index contributed by atoms with van der Waals surface area (Å²) in [6.45, 7) is 5.16. The summed E-state index contributed by atoms with van der Waals surface area (Å²) < 4.78 is 2.36. The SMILES string of the molecule is C[C@H](Sc1nnc(-c2cccs2)n1[C@H](C)[C@H]1C[C@H]2CC[C@H]1C2)C(=O)N1CCCc2ccccc21. The molecule has 6 rings (SSSR count). The lowest BCUT2D eigenvalue weighted by Gasteiger charge is -2.32. The number of carbonyl (C=O) groups is 1. The van der Waals surface area contributed by atoms with Gasteiger partial charge in [0.2, 0.25) is 5.91 Å². The molecule has 2 saturated carbocycles. The Labute approximate surface area is 210 Å². The number of thiophene rings is 1. The number of anilines is 1. The number of hydrogen-bond donors (Lipinski definition) is 0. The predicted octanol–water partition coefficient (Wildman–Crippen LogP) is 6.46. The van der Waals surface area contributed by atoms with E-state index in [4.69, 9.17) is 0 Å². The number of aryl methyl sites for hydroxylation is 1. The van der Waals surface area contributed by atoms with Gasteiger partial charge in [-0.1, -0.05) is 42.4 Å². The number of hydrogen-bond acceptors (Lipinski definition) is 5. The molecule has 5 nitrogen and oxygen atoms in total. The zero-order valence-electron chi connectivity index (χ0n) is 19.9. The Morgan fingerprint density at radius 3 is 2.76 bits per heavy atom. The van der Waals surface area contributed by atoms with Gasteiger partial charge in [-0.2, -0.15) is 0 Å². The third-order valence-corrected chi connectivity index (χ3v) is 10.1. The van der Waals surface area contributed by atoms with E-state index in [1.54, 1.807) is 23.1 Å². The molecule has 0 radical (unpaired) electrons. The molecule has 1 amide bonds. The highest BCUT2D eigenvalue weighted by atomic mass is 32.2. The van der Waals surface area contributed by atoms with E-state index in [-0.39, 0.29) is 11.2 Å². The van der Waals surface area contributed by atoms with Gasteiger partial charge < -0.3 is 4.90 Å². The van der Waals surface area contributed by atoms with Crippen molar-refractivity contribution in [3.05, 3.63) is 47.3 Å². The predicted molar refractivity (Wildman–Crippen MR) is 139 cm³/mol. The maximum atomic E-state index is 13.6. The lowest BCUT2D eigenvalue weighted by atomic mass is 9.84. The van der Waals surface area contributed by atoms with Gasteiger partial charge in [0.1, 0.15) is 0 Å². The van der Waals surface area contributed by atoms with Gasteiger partial charge >= 0.3 is 0 Å². The summed E-state index contributed by atoms with van der Waals surface area (Å²) in [7, 11) is 0. The molecule has 0 unspecified atom stereocenters. The molecule has 0 N–H and O–H groups in total. The zero-order valence-corrected chi connectivity index (χ0v) is 21.5. The summed E-state index contributed by atoms with van der Waals surface area (Å²) in [5.41, 5.74) is 2.34. The number of benzene rings is 1. The zero-order chi connectivity index (χ0) is 23.2. The Hall–Kier alpha value is -2.12. The van der Waals surface area contributed by atoms with Gasteiger partial charge in [-0.05, 0) is 86.8 Å². The monoisotopic (exact) mass is 492 g/mol. The van der Waals surface area contributed by atoms with Crippen LogP contribution in [0.5, 0.6) is 0 Å². The molecule has 3 aromatic rings. The van der Waals surface area contributed by atoms with Crippen LogP contribution in [-0.4, -0.2) is 32.5 Å². The number of rotatable bonds is 6. The largest absolute Gasteiger partial charge is 0.311 e. The van der Waals surface area contributed by atoms with Crippen molar-refractivity contribution < 1.29 is 4.79 Å². The fourth-order valence-corrected chi connectivity index (χ4v) is 8.27. The molecule has 3 heterocycles. The normalized spacial score (nSPS) is 25.4. The van der Waals surface area contributed by atoms with E-state index in [0.717, 1.165) is 52.8 Å². The van der Waals surface area contributed by atoms with E-state index in [2.05, 4.69) is 57.4 Å². The molecule has 2 aliphatic carbocycles. The minimum atomic E-state index is -0.225. The van der Waals surface area contributed by atoms with Gasteiger partial charge in [0.05, 0.1) is 10.1 Å². The van der Waals surface area contributed by atoms with Gasteiger partial charge in [0, 0.05) is 18.3 Å². The van der Waals surface area contributed by atoms with Gasteiger partial charge in [-0.15, -0.1) is 21.5 Å². The molecule has 1 aromatic carbocycles. The molecule has 34 heavy (non-hydrogen) atoms. The Bertz CT molecular complexity index is 1170. The average Bonchev–Trinajstić information content (AvgIpc) is 3.67. The van der Waals surface area contributed by atoms with E-state index < -0.39 is 0 Å². The quantitative estimate of drug-likeness (QED) is 0.370. The average molecular weight is 493 g/mol. The summed E-state index contributed by atoms with van der Waals surface area (Å²) in [4.78, 5) is 16.7. The lowest BCUT2D eigenvalue weighted by Crippen LogP contribution is -2.40. The molecule has 0 saturated heterocycles. The van der Waals surface area contributed by atoms with Crippen molar-refractivity contribution in [2.75, 3.05) is 11.4 Å². The molecule has 1 aliphatic heterocycles. The van der Waals surface area contributed by atoms with Crippen LogP contribution >= 0.6 is 23.1 Å². The number of para-hydroxylation sites is 1. The minimum absolute atomic E-state index is 0.164. The van der Waals surface area contributed by atoms with Gasteiger partial charge in [0.15, 0.2) is 11.0 Å². The van der Waals surface area contributed by atoms with Crippen LogP contribution in [0.2, 0.25) is 0 Å². The van der Waals surface area contributed by atoms with E-state index >= 15 is 0 Å². The molecule has 2 aromatic heterocycles. The summed E-state index contributed by atoms with van der Waals surface area (Å²) in [6, 6.07) is 12.9. The van der Waals surface area contributed by atoms with Gasteiger partial charge in [0.25, 0.3) is 0 Å². The number of nitrogens with zero attached hydrogens (tertiary/aromatic N) is 4. The first-order valence-corrected chi connectivity index (χ1v) is 14.4. The maximum absolute atomic E-state index is 13.6. The molecule has 2 bridgehead atoms. The van der Waals surface area contributed by atoms with Crippen LogP contribution in [0.15, 0.2) is 46.9 Å². The van der Waals surface area contributed by atoms with Crippen molar-refractivity contribution >= 4 is 34.7 Å². The first kappa shape index (κ1) is 22.4. The molecule has 3 aliphatic rings. The second kappa shape index (κ2) is 9.15. The molecule has 178 valence electrons. The van der Waals surface area contributed by atoms with E-state index in [9.17, 15) is 4.79 Å². The number of thioether (sulfide) groups is 1. The van der Waals surface area contributed by atoms with Gasteiger partial charge in [-0.25, -0.2) is 0 Å². The van der Waals surface area contributed by atoms with Gasteiger partial charge in [-0.3, -0.25) is 9.36 Å². The standard InChI is InChI=1S/C27H32N4OS2/c1-17(22-16-19-11-12-21(22)15-19)31-25(24-10-6-14-33-24)28-29-27(31)34-18(2)26(32)30-13-5-8-20-7-3-4-9-23(20)30/h3-4,6-7,9-10,14,17-19,21-22H,5,8,11-13,15-16H2,1-2H3/t17-,18+,19+,21+,22-/m1/s1. The summed E-state index contributed by atoms with van der Waals surface area (Å²) >= 11 is 3.29. The van der Waals surface area contributed by atoms with Crippen molar-refractivity contribution in [3.63, 3.8) is 0 Å². The van der Waals surface area contributed by atoms with Crippen molar-refractivity contribution in [1.29, 1.82) is 0 Å². The highest BCUT2D eigenvalue weighted by Gasteiger charge is 2.43. The van der Waals surface area contributed by atoms with Crippen molar-refractivity contribution in [3.8, 4) is 10.7 Å². The van der Waals surface area contributed by atoms with Crippen LogP contribution < -0.4 is 4.90 Å². The van der Waals surface area contributed by atoms with Crippen LogP contribution in [-0.2, 0) is 11.2 Å².